The van der Waals surface area contributed by atoms with Crippen LogP contribution in [0.25, 0.3) is 0 Å². The Balaban J connectivity index is 0.000000461. The fourth-order valence-electron chi connectivity index (χ4n) is 1.63. The maximum Gasteiger partial charge on any atom is 0.00668 e. The van der Waals surface area contributed by atoms with Crippen molar-refractivity contribution in [1.29, 1.82) is 0 Å². The van der Waals surface area contributed by atoms with Gasteiger partial charge in [-0.1, -0.05) is 27.2 Å². The Morgan fingerprint density at radius 2 is 1.91 bits per heavy atom. The number of hydrogen-bond acceptors (Lipinski definition) is 1. The third kappa shape index (κ3) is 3.76. The molecular weight excluding hydrogens is 134 g/mol. The summed E-state index contributed by atoms with van der Waals surface area (Å²) in [7, 11) is 0. The average Bonchev–Trinajstić information content (AvgIpc) is 2.09. The smallest absolute Gasteiger partial charge is 0.00668 e. The number of hydrogen-bond donors (Lipinski definition) is 0. The van der Waals surface area contributed by atoms with Crippen molar-refractivity contribution < 1.29 is 0 Å². The van der Waals surface area contributed by atoms with Gasteiger partial charge in [0.1, 0.15) is 0 Å². The maximum absolute atomic E-state index is 2.56. The highest BCUT2D eigenvalue weighted by Crippen LogP contribution is 2.14. The maximum atomic E-state index is 2.56. The van der Waals surface area contributed by atoms with Crippen molar-refractivity contribution in [2.75, 3.05) is 13.1 Å². The summed E-state index contributed by atoms with van der Waals surface area (Å²) < 4.78 is 0. The number of nitrogens with zero attached hydrogens (tertiary/aromatic N) is 1. The van der Waals surface area contributed by atoms with Crippen LogP contribution in [-0.2, 0) is 0 Å². The Hall–Kier alpha value is -0.0400. The summed E-state index contributed by atoms with van der Waals surface area (Å²) in [5.41, 5.74) is 0. The number of piperidine rings is 1. The fraction of sp³-hybridized carbons (Fsp3) is 1.00. The van der Waals surface area contributed by atoms with E-state index in [-0.39, 0.29) is 0 Å². The topological polar surface area (TPSA) is 3.24 Å². The predicted octanol–water partition coefficient (Wildman–Crippen LogP) is 2.91. The van der Waals surface area contributed by atoms with E-state index in [2.05, 4.69) is 18.7 Å². The molecule has 0 spiro atoms. The standard InChI is InChI=1S/C8H17N.C2H6/c1-3-9-7-5-4-6-8(9)2;1-2/h8H,3-7H2,1-2H3;1-2H3/t8-;/m1./s1. The van der Waals surface area contributed by atoms with E-state index in [4.69, 9.17) is 0 Å². The van der Waals surface area contributed by atoms with Crippen LogP contribution in [0.15, 0.2) is 0 Å². The SMILES string of the molecule is CC.CCN1CCCC[C@H]1C. The first-order valence-corrected chi connectivity index (χ1v) is 5.08. The van der Waals surface area contributed by atoms with Crippen LogP contribution in [0, 0.1) is 0 Å². The van der Waals surface area contributed by atoms with E-state index >= 15 is 0 Å². The molecule has 0 N–H and O–H groups in total. The van der Waals surface area contributed by atoms with Gasteiger partial charge in [0.05, 0.1) is 0 Å². The third-order valence-corrected chi connectivity index (χ3v) is 2.35. The molecule has 0 aromatic carbocycles. The first kappa shape index (κ1) is 11.0. The zero-order valence-electron chi connectivity index (χ0n) is 8.56. The molecule has 0 bridgehead atoms. The minimum atomic E-state index is 0.851. The van der Waals surface area contributed by atoms with Crippen molar-refractivity contribution in [3.63, 3.8) is 0 Å². The van der Waals surface area contributed by atoms with Crippen LogP contribution in [0.3, 0.4) is 0 Å². The minimum Gasteiger partial charge on any atom is -0.301 e. The Kier molecular flexibility index (Phi) is 6.63. The first-order valence-electron chi connectivity index (χ1n) is 5.08. The summed E-state index contributed by atoms with van der Waals surface area (Å²) in [5.74, 6) is 0. The van der Waals surface area contributed by atoms with Gasteiger partial charge in [-0.15, -0.1) is 0 Å². The number of rotatable bonds is 1. The average molecular weight is 157 g/mol. The molecule has 0 aliphatic carbocycles. The zero-order valence-corrected chi connectivity index (χ0v) is 8.56. The van der Waals surface area contributed by atoms with Gasteiger partial charge < -0.3 is 4.90 Å². The Morgan fingerprint density at radius 3 is 2.27 bits per heavy atom. The Bertz CT molecular complexity index is 80.9. The molecule has 1 saturated heterocycles. The molecule has 1 heteroatoms. The quantitative estimate of drug-likeness (QED) is 0.565. The molecule has 1 rings (SSSR count). The summed E-state index contributed by atoms with van der Waals surface area (Å²) in [4.78, 5) is 2.56. The van der Waals surface area contributed by atoms with Crippen molar-refractivity contribution in [2.24, 2.45) is 0 Å². The van der Waals surface area contributed by atoms with Gasteiger partial charge in [0, 0.05) is 6.04 Å². The molecule has 0 unspecified atom stereocenters. The first-order chi connectivity index (χ1) is 5.34. The van der Waals surface area contributed by atoms with Gasteiger partial charge in [-0.3, -0.25) is 0 Å². The molecule has 0 aromatic rings. The predicted molar refractivity (Wildman–Crippen MR) is 51.9 cm³/mol. The molecule has 68 valence electrons. The molecule has 0 amide bonds. The molecule has 0 radical (unpaired) electrons. The van der Waals surface area contributed by atoms with Crippen molar-refractivity contribution >= 4 is 0 Å². The summed E-state index contributed by atoms with van der Waals surface area (Å²) >= 11 is 0. The van der Waals surface area contributed by atoms with Crippen molar-refractivity contribution in [3.05, 3.63) is 0 Å². The lowest BCUT2D eigenvalue weighted by Gasteiger charge is -2.31. The van der Waals surface area contributed by atoms with Crippen LogP contribution >= 0.6 is 0 Å². The summed E-state index contributed by atoms with van der Waals surface area (Å²) in [6, 6.07) is 0.851. The number of likely N-dealkylation sites (tertiary alicyclic amines) is 1. The molecule has 1 atom stereocenters. The van der Waals surface area contributed by atoms with Crippen LogP contribution in [0.1, 0.15) is 47.0 Å². The van der Waals surface area contributed by atoms with E-state index in [1.165, 1.54) is 32.4 Å². The molecule has 11 heavy (non-hydrogen) atoms. The zero-order chi connectivity index (χ0) is 8.69. The second-order valence-corrected chi connectivity index (χ2v) is 2.97. The van der Waals surface area contributed by atoms with Crippen LogP contribution in [0.2, 0.25) is 0 Å². The Labute approximate surface area is 71.8 Å². The molecular formula is C10H23N. The van der Waals surface area contributed by atoms with Gasteiger partial charge in [-0.25, -0.2) is 0 Å². The molecule has 1 heterocycles. The monoisotopic (exact) mass is 157 g/mol. The molecule has 1 aliphatic heterocycles. The van der Waals surface area contributed by atoms with Gasteiger partial charge in [-0.05, 0) is 32.9 Å². The summed E-state index contributed by atoms with van der Waals surface area (Å²) in [6.07, 6.45) is 4.27. The van der Waals surface area contributed by atoms with E-state index in [1.54, 1.807) is 0 Å². The van der Waals surface area contributed by atoms with Crippen LogP contribution in [-0.4, -0.2) is 24.0 Å². The van der Waals surface area contributed by atoms with Crippen LogP contribution < -0.4 is 0 Å². The van der Waals surface area contributed by atoms with Crippen LogP contribution in [0.4, 0.5) is 0 Å². The second-order valence-electron chi connectivity index (χ2n) is 2.97. The molecule has 1 aliphatic rings. The molecule has 0 aromatic heterocycles. The summed E-state index contributed by atoms with van der Waals surface area (Å²) in [5, 5.41) is 0. The van der Waals surface area contributed by atoms with Gasteiger partial charge >= 0.3 is 0 Å². The van der Waals surface area contributed by atoms with Gasteiger partial charge in [-0.2, -0.15) is 0 Å². The summed E-state index contributed by atoms with van der Waals surface area (Å²) in [6.45, 7) is 11.2. The minimum absolute atomic E-state index is 0.851. The largest absolute Gasteiger partial charge is 0.301 e. The van der Waals surface area contributed by atoms with Crippen molar-refractivity contribution in [3.8, 4) is 0 Å². The van der Waals surface area contributed by atoms with Gasteiger partial charge in [0.25, 0.3) is 0 Å². The lowest BCUT2D eigenvalue weighted by molar-refractivity contribution is 0.169. The van der Waals surface area contributed by atoms with E-state index in [0.717, 1.165) is 6.04 Å². The van der Waals surface area contributed by atoms with E-state index < -0.39 is 0 Å². The highest BCUT2D eigenvalue weighted by molar-refractivity contribution is 4.70. The lowest BCUT2D eigenvalue weighted by Crippen LogP contribution is -2.36. The van der Waals surface area contributed by atoms with Crippen LogP contribution in [0.5, 0.6) is 0 Å². The van der Waals surface area contributed by atoms with E-state index in [9.17, 15) is 0 Å². The van der Waals surface area contributed by atoms with Gasteiger partial charge in [0.15, 0.2) is 0 Å². The molecule has 1 nitrogen and oxygen atoms in total. The third-order valence-electron chi connectivity index (χ3n) is 2.35. The van der Waals surface area contributed by atoms with E-state index in [1.807, 2.05) is 13.8 Å². The van der Waals surface area contributed by atoms with E-state index in [0.29, 0.717) is 0 Å². The normalized spacial score (nSPS) is 25.6. The van der Waals surface area contributed by atoms with Crippen molar-refractivity contribution in [1.82, 2.24) is 4.90 Å². The molecule has 0 saturated carbocycles. The Morgan fingerprint density at radius 1 is 1.27 bits per heavy atom. The fourth-order valence-corrected chi connectivity index (χ4v) is 1.63. The lowest BCUT2D eigenvalue weighted by atomic mass is 10.0. The second kappa shape index (κ2) is 6.66. The highest BCUT2D eigenvalue weighted by Gasteiger charge is 2.14. The highest BCUT2D eigenvalue weighted by atomic mass is 15.1. The van der Waals surface area contributed by atoms with Gasteiger partial charge in [0.2, 0.25) is 0 Å². The molecule has 1 fully saturated rings. The van der Waals surface area contributed by atoms with Crippen molar-refractivity contribution in [2.45, 2.75) is 53.0 Å².